The molecule has 5 aromatic carbocycles. The van der Waals surface area contributed by atoms with Gasteiger partial charge in [0.2, 0.25) is 0 Å². The van der Waals surface area contributed by atoms with Crippen molar-refractivity contribution in [3.63, 3.8) is 0 Å². The zero-order chi connectivity index (χ0) is 34.9. The van der Waals surface area contributed by atoms with Crippen LogP contribution >= 0.6 is 0 Å². The van der Waals surface area contributed by atoms with Gasteiger partial charge < -0.3 is 4.57 Å². The van der Waals surface area contributed by atoms with Crippen LogP contribution in [0.5, 0.6) is 0 Å². The molecular weight excluding hydrogens is 627 g/mol. The van der Waals surface area contributed by atoms with Crippen LogP contribution in [0, 0.1) is 35.8 Å². The summed E-state index contributed by atoms with van der Waals surface area (Å²) in [5, 5.41) is 21.3. The number of nitrogens with zero attached hydrogens (tertiary/aromatic N) is 7. The molecule has 0 N–H and O–H groups in total. The molecule has 0 radical (unpaired) electrons. The van der Waals surface area contributed by atoms with Crippen molar-refractivity contribution in [1.82, 2.24) is 14.5 Å². The number of benzene rings is 5. The standard InChI is InChI=1S/C44H23N7/c1-47-35-19-28(26-45)17-33(21-35)30-10-12-43-38(23-30)39-24-31(34-18-29(27-46)20-36(22-34)48-2)11-13-44(39)51(43)42-9-4-3-7-37(42)32-14-16-50-41(25-32)40-8-5-6-15-49-40/h3-25H. The largest absolute Gasteiger partial charge is 0.309 e. The Hall–Kier alpha value is -7.84. The molecule has 0 unspecified atom stereocenters. The first-order valence-corrected chi connectivity index (χ1v) is 16.0. The Morgan fingerprint density at radius 3 is 1.67 bits per heavy atom. The summed E-state index contributed by atoms with van der Waals surface area (Å²) in [4.78, 5) is 16.3. The summed E-state index contributed by atoms with van der Waals surface area (Å²) >= 11 is 0. The minimum absolute atomic E-state index is 0.401. The lowest BCUT2D eigenvalue weighted by molar-refractivity contribution is 1.18. The maximum Gasteiger partial charge on any atom is 0.189 e. The van der Waals surface area contributed by atoms with E-state index in [1.807, 2.05) is 48.5 Å². The highest BCUT2D eigenvalue weighted by Crippen LogP contribution is 2.40. The Balaban J connectivity index is 1.39. The summed E-state index contributed by atoms with van der Waals surface area (Å²) < 4.78 is 2.25. The van der Waals surface area contributed by atoms with Crippen molar-refractivity contribution >= 4 is 33.2 Å². The van der Waals surface area contributed by atoms with Gasteiger partial charge in [-0.25, -0.2) is 9.69 Å². The number of aromatic nitrogens is 3. The molecule has 7 heteroatoms. The average Bonchev–Trinajstić information content (AvgIpc) is 3.53. The first-order chi connectivity index (χ1) is 25.1. The average molecular weight is 650 g/mol. The Kier molecular flexibility index (Phi) is 7.56. The van der Waals surface area contributed by atoms with Gasteiger partial charge in [-0.1, -0.05) is 36.4 Å². The Labute approximate surface area is 293 Å². The van der Waals surface area contributed by atoms with Crippen LogP contribution < -0.4 is 0 Å². The first-order valence-electron chi connectivity index (χ1n) is 16.0. The van der Waals surface area contributed by atoms with E-state index in [-0.39, 0.29) is 0 Å². The lowest BCUT2D eigenvalue weighted by atomic mass is 9.98. The molecule has 51 heavy (non-hydrogen) atoms. The second kappa shape index (κ2) is 12.6. The number of rotatable bonds is 5. The third kappa shape index (κ3) is 5.50. The minimum Gasteiger partial charge on any atom is -0.309 e. The van der Waals surface area contributed by atoms with Gasteiger partial charge in [0.15, 0.2) is 11.4 Å². The number of hydrogen-bond donors (Lipinski definition) is 0. The molecule has 8 rings (SSSR count). The third-order valence-electron chi connectivity index (χ3n) is 8.93. The van der Waals surface area contributed by atoms with Crippen LogP contribution in [-0.2, 0) is 0 Å². The molecule has 0 saturated carbocycles. The highest BCUT2D eigenvalue weighted by atomic mass is 15.0. The fraction of sp³-hybridized carbons (Fsp3) is 0. The van der Waals surface area contributed by atoms with Gasteiger partial charge in [-0.15, -0.1) is 0 Å². The molecule has 0 amide bonds. The summed E-state index contributed by atoms with van der Waals surface area (Å²) in [5.41, 5.74) is 11.4. The smallest absolute Gasteiger partial charge is 0.189 e. The van der Waals surface area contributed by atoms with E-state index in [0.717, 1.165) is 72.3 Å². The second-order valence-corrected chi connectivity index (χ2v) is 11.9. The van der Waals surface area contributed by atoms with Crippen molar-refractivity contribution in [2.24, 2.45) is 0 Å². The molecule has 0 spiro atoms. The van der Waals surface area contributed by atoms with Crippen LogP contribution in [0.3, 0.4) is 0 Å². The first kappa shape index (κ1) is 30.5. The molecule has 0 aliphatic carbocycles. The number of hydrogen-bond acceptors (Lipinski definition) is 4. The van der Waals surface area contributed by atoms with E-state index in [1.54, 1.807) is 48.8 Å². The third-order valence-corrected chi connectivity index (χ3v) is 8.93. The normalized spacial score (nSPS) is 10.7. The number of nitriles is 2. The van der Waals surface area contributed by atoms with E-state index in [0.29, 0.717) is 22.5 Å². The number of para-hydroxylation sites is 1. The molecule has 0 saturated heterocycles. The molecule has 3 aromatic heterocycles. The van der Waals surface area contributed by atoms with Crippen LogP contribution in [0.4, 0.5) is 11.4 Å². The topological polar surface area (TPSA) is 87.0 Å². The van der Waals surface area contributed by atoms with Crippen molar-refractivity contribution in [3.05, 3.63) is 174 Å². The summed E-state index contributed by atoms with van der Waals surface area (Å²) in [6, 6.07) is 45.3. The number of fused-ring (bicyclic) bond motifs is 3. The van der Waals surface area contributed by atoms with Gasteiger partial charge in [0.05, 0.1) is 53.4 Å². The minimum atomic E-state index is 0.401. The molecule has 0 aliphatic heterocycles. The van der Waals surface area contributed by atoms with Crippen molar-refractivity contribution in [2.75, 3.05) is 0 Å². The fourth-order valence-electron chi connectivity index (χ4n) is 6.62. The van der Waals surface area contributed by atoms with Gasteiger partial charge in [-0.05, 0) is 119 Å². The van der Waals surface area contributed by atoms with Gasteiger partial charge in [0.1, 0.15) is 0 Å². The molecule has 7 nitrogen and oxygen atoms in total. The van der Waals surface area contributed by atoms with Gasteiger partial charge in [0.25, 0.3) is 0 Å². The summed E-state index contributed by atoms with van der Waals surface area (Å²) in [7, 11) is 0. The Morgan fingerprint density at radius 1 is 0.510 bits per heavy atom. The Morgan fingerprint density at radius 2 is 1.10 bits per heavy atom. The van der Waals surface area contributed by atoms with Crippen LogP contribution in [-0.4, -0.2) is 14.5 Å². The van der Waals surface area contributed by atoms with Gasteiger partial charge in [-0.3, -0.25) is 9.97 Å². The van der Waals surface area contributed by atoms with Crippen molar-refractivity contribution < 1.29 is 0 Å². The summed E-state index contributed by atoms with van der Waals surface area (Å²) in [5.74, 6) is 0. The molecule has 0 aliphatic rings. The molecule has 234 valence electrons. The Bertz CT molecular complexity index is 2660. The zero-order valence-electron chi connectivity index (χ0n) is 26.9. The lowest BCUT2D eigenvalue weighted by Crippen LogP contribution is -1.98. The van der Waals surface area contributed by atoms with Crippen molar-refractivity contribution in [1.29, 1.82) is 10.5 Å². The quantitative estimate of drug-likeness (QED) is 0.174. The molecule has 0 fully saturated rings. The SMILES string of the molecule is [C-]#[N+]c1cc(C#N)cc(-c2ccc3c(c2)c2cc(-c4cc(C#N)cc([N+]#[C-])c4)ccc2n3-c2ccccc2-c2ccnc(-c3ccccn3)c2)c1. The van der Waals surface area contributed by atoms with Crippen LogP contribution in [0.1, 0.15) is 11.1 Å². The van der Waals surface area contributed by atoms with E-state index in [2.05, 4.69) is 78.8 Å². The van der Waals surface area contributed by atoms with E-state index in [1.165, 1.54) is 0 Å². The van der Waals surface area contributed by atoms with E-state index in [4.69, 9.17) is 13.1 Å². The monoisotopic (exact) mass is 649 g/mol. The molecule has 8 aromatic rings. The highest BCUT2D eigenvalue weighted by molar-refractivity contribution is 6.12. The second-order valence-electron chi connectivity index (χ2n) is 11.9. The van der Waals surface area contributed by atoms with E-state index in [9.17, 15) is 10.5 Å². The maximum atomic E-state index is 9.68. The predicted molar refractivity (Wildman–Crippen MR) is 200 cm³/mol. The lowest BCUT2D eigenvalue weighted by Gasteiger charge is -2.15. The number of pyridine rings is 2. The van der Waals surface area contributed by atoms with E-state index < -0.39 is 0 Å². The van der Waals surface area contributed by atoms with Crippen LogP contribution in [0.15, 0.2) is 140 Å². The van der Waals surface area contributed by atoms with Crippen LogP contribution in [0.2, 0.25) is 0 Å². The summed E-state index contributed by atoms with van der Waals surface area (Å²) in [6.07, 6.45) is 3.57. The van der Waals surface area contributed by atoms with Gasteiger partial charge >= 0.3 is 0 Å². The predicted octanol–water partition coefficient (Wildman–Crippen LogP) is 11.1. The fourth-order valence-corrected chi connectivity index (χ4v) is 6.62. The maximum absolute atomic E-state index is 9.68. The molecule has 0 atom stereocenters. The van der Waals surface area contributed by atoms with Gasteiger partial charge in [-0.2, -0.15) is 10.5 Å². The van der Waals surface area contributed by atoms with Crippen molar-refractivity contribution in [2.45, 2.75) is 0 Å². The summed E-state index contributed by atoms with van der Waals surface area (Å²) in [6.45, 7) is 15.2. The van der Waals surface area contributed by atoms with Gasteiger partial charge in [0, 0.05) is 39.9 Å². The van der Waals surface area contributed by atoms with E-state index >= 15 is 0 Å². The van der Waals surface area contributed by atoms with Crippen LogP contribution in [0.25, 0.3) is 82.0 Å². The molecule has 3 heterocycles. The highest BCUT2D eigenvalue weighted by Gasteiger charge is 2.18. The molecular formula is C44H23N7. The zero-order valence-corrected chi connectivity index (χ0v) is 26.9. The molecule has 0 bridgehead atoms. The van der Waals surface area contributed by atoms with Crippen molar-refractivity contribution in [3.8, 4) is 62.6 Å².